The van der Waals surface area contributed by atoms with Gasteiger partial charge >= 0.3 is 0 Å². The average molecular weight is 239 g/mol. The van der Waals surface area contributed by atoms with Gasteiger partial charge in [-0.1, -0.05) is 6.92 Å². The Morgan fingerprint density at radius 3 is 2.65 bits per heavy atom. The Morgan fingerprint density at radius 2 is 2.00 bits per heavy atom. The Hall–Kier alpha value is -0.610. The van der Waals surface area contributed by atoms with Crippen molar-refractivity contribution in [1.82, 2.24) is 9.80 Å². The van der Waals surface area contributed by atoms with Gasteiger partial charge < -0.3 is 10.6 Å². The van der Waals surface area contributed by atoms with Crippen LogP contribution in [0.1, 0.15) is 32.6 Å². The van der Waals surface area contributed by atoms with Gasteiger partial charge in [0.25, 0.3) is 0 Å². The van der Waals surface area contributed by atoms with E-state index in [9.17, 15) is 4.79 Å². The molecule has 98 valence electrons. The monoisotopic (exact) mass is 239 g/mol. The highest BCUT2D eigenvalue weighted by atomic mass is 16.2. The molecule has 0 spiro atoms. The van der Waals surface area contributed by atoms with Gasteiger partial charge in [0.1, 0.15) is 0 Å². The summed E-state index contributed by atoms with van der Waals surface area (Å²) in [4.78, 5) is 16.4. The number of hydrogen-bond donors (Lipinski definition) is 1. The topological polar surface area (TPSA) is 49.6 Å². The van der Waals surface area contributed by atoms with Crippen LogP contribution in [0.15, 0.2) is 0 Å². The van der Waals surface area contributed by atoms with E-state index < -0.39 is 0 Å². The number of carbonyl (C=O) groups excluding carboxylic acids is 1. The molecule has 2 N–H and O–H groups in total. The minimum absolute atomic E-state index is 0.301. The Kier molecular flexibility index (Phi) is 4.40. The molecule has 0 saturated carbocycles. The second-order valence-electron chi connectivity index (χ2n) is 5.58. The number of hydrogen-bond acceptors (Lipinski definition) is 3. The van der Waals surface area contributed by atoms with Crippen molar-refractivity contribution in [2.24, 2.45) is 11.7 Å². The molecule has 4 nitrogen and oxygen atoms in total. The van der Waals surface area contributed by atoms with E-state index in [0.29, 0.717) is 25.0 Å². The molecular weight excluding hydrogens is 214 g/mol. The van der Waals surface area contributed by atoms with E-state index in [1.54, 1.807) is 0 Å². The highest BCUT2D eigenvalue weighted by Crippen LogP contribution is 2.22. The van der Waals surface area contributed by atoms with Gasteiger partial charge in [-0.3, -0.25) is 9.69 Å². The van der Waals surface area contributed by atoms with Gasteiger partial charge in [-0.2, -0.15) is 0 Å². The maximum absolute atomic E-state index is 12.1. The molecule has 2 heterocycles. The highest BCUT2D eigenvalue weighted by molar-refractivity contribution is 5.78. The van der Waals surface area contributed by atoms with Crippen molar-refractivity contribution in [3.05, 3.63) is 0 Å². The highest BCUT2D eigenvalue weighted by Gasteiger charge is 2.28. The minimum atomic E-state index is 0.301. The molecule has 2 unspecified atom stereocenters. The number of rotatable bonds is 3. The molecule has 2 aliphatic rings. The maximum Gasteiger partial charge on any atom is 0.236 e. The Morgan fingerprint density at radius 1 is 1.29 bits per heavy atom. The summed E-state index contributed by atoms with van der Waals surface area (Å²) in [6, 6.07) is 0.408. The van der Waals surface area contributed by atoms with Crippen LogP contribution in [0.5, 0.6) is 0 Å². The molecule has 2 fully saturated rings. The fourth-order valence-electron chi connectivity index (χ4n) is 2.99. The van der Waals surface area contributed by atoms with Crippen LogP contribution in [-0.4, -0.2) is 54.5 Å². The van der Waals surface area contributed by atoms with E-state index in [2.05, 4.69) is 11.8 Å². The van der Waals surface area contributed by atoms with Gasteiger partial charge in [-0.25, -0.2) is 0 Å². The zero-order valence-electron chi connectivity index (χ0n) is 10.9. The summed E-state index contributed by atoms with van der Waals surface area (Å²) in [5.74, 6) is 1.05. The lowest BCUT2D eigenvalue weighted by atomic mass is 9.92. The molecule has 0 radical (unpaired) electrons. The zero-order chi connectivity index (χ0) is 12.3. The summed E-state index contributed by atoms with van der Waals surface area (Å²) >= 11 is 0. The molecule has 2 saturated heterocycles. The largest absolute Gasteiger partial charge is 0.342 e. The first-order chi connectivity index (χ1) is 8.20. The van der Waals surface area contributed by atoms with Gasteiger partial charge in [-0.05, 0) is 38.1 Å². The van der Waals surface area contributed by atoms with E-state index >= 15 is 0 Å². The van der Waals surface area contributed by atoms with Gasteiger partial charge in [-0.15, -0.1) is 0 Å². The molecule has 0 aliphatic carbocycles. The number of amides is 1. The average Bonchev–Trinajstić information content (AvgIpc) is 2.85. The lowest BCUT2D eigenvalue weighted by molar-refractivity contribution is -0.132. The smallest absolute Gasteiger partial charge is 0.236 e. The second-order valence-corrected chi connectivity index (χ2v) is 5.58. The summed E-state index contributed by atoms with van der Waals surface area (Å²) in [7, 11) is 0. The Labute approximate surface area is 104 Å². The first-order valence-corrected chi connectivity index (χ1v) is 6.92. The van der Waals surface area contributed by atoms with Gasteiger partial charge in [0.2, 0.25) is 5.91 Å². The van der Waals surface area contributed by atoms with E-state index in [1.165, 1.54) is 19.3 Å². The molecule has 17 heavy (non-hydrogen) atoms. The molecule has 2 rings (SSSR count). The lowest BCUT2D eigenvalue weighted by Gasteiger charge is -2.38. The molecule has 0 aromatic carbocycles. The third-order valence-electron chi connectivity index (χ3n) is 4.17. The van der Waals surface area contributed by atoms with Gasteiger partial charge in [0, 0.05) is 25.7 Å². The normalized spacial score (nSPS) is 30.8. The quantitative estimate of drug-likeness (QED) is 0.787. The summed E-state index contributed by atoms with van der Waals surface area (Å²) in [5.41, 5.74) is 5.82. The fourth-order valence-corrected chi connectivity index (χ4v) is 2.99. The lowest BCUT2D eigenvalue weighted by Crippen LogP contribution is -2.50. The van der Waals surface area contributed by atoms with Crippen LogP contribution in [0, 0.1) is 5.92 Å². The van der Waals surface area contributed by atoms with Crippen molar-refractivity contribution >= 4 is 5.91 Å². The van der Waals surface area contributed by atoms with Crippen molar-refractivity contribution in [2.45, 2.75) is 38.6 Å². The van der Waals surface area contributed by atoms with Crippen molar-refractivity contribution < 1.29 is 4.79 Å². The zero-order valence-corrected chi connectivity index (χ0v) is 10.9. The second kappa shape index (κ2) is 5.83. The third-order valence-corrected chi connectivity index (χ3v) is 4.17. The predicted octanol–water partition coefficient (Wildman–Crippen LogP) is 0.668. The number of carbonyl (C=O) groups is 1. The van der Waals surface area contributed by atoms with Crippen LogP contribution >= 0.6 is 0 Å². The van der Waals surface area contributed by atoms with E-state index in [1.807, 2.05) is 4.90 Å². The Balaban J connectivity index is 1.86. The Bertz CT molecular complexity index is 263. The number of nitrogens with two attached hydrogens (primary N) is 1. The van der Waals surface area contributed by atoms with E-state index in [4.69, 9.17) is 5.73 Å². The van der Waals surface area contributed by atoms with Crippen molar-refractivity contribution in [3.8, 4) is 0 Å². The molecular formula is C13H25N3O. The molecule has 0 bridgehead atoms. The minimum Gasteiger partial charge on any atom is -0.342 e. The summed E-state index contributed by atoms with van der Waals surface area (Å²) in [5, 5.41) is 0. The maximum atomic E-state index is 12.1. The SMILES string of the molecule is CC1CCN(CC(=O)N2CCCC2)C(CN)C1. The fraction of sp³-hybridized carbons (Fsp3) is 0.923. The van der Waals surface area contributed by atoms with Crippen LogP contribution < -0.4 is 5.73 Å². The predicted molar refractivity (Wildman–Crippen MR) is 68.6 cm³/mol. The first-order valence-electron chi connectivity index (χ1n) is 6.92. The molecule has 0 aromatic heterocycles. The summed E-state index contributed by atoms with van der Waals surface area (Å²) < 4.78 is 0. The molecule has 1 amide bonds. The van der Waals surface area contributed by atoms with E-state index in [0.717, 1.165) is 32.0 Å². The van der Waals surface area contributed by atoms with Crippen LogP contribution in [-0.2, 0) is 4.79 Å². The van der Waals surface area contributed by atoms with Crippen LogP contribution in [0.25, 0.3) is 0 Å². The van der Waals surface area contributed by atoms with Crippen molar-refractivity contribution in [2.75, 3.05) is 32.7 Å². The number of likely N-dealkylation sites (tertiary alicyclic amines) is 2. The van der Waals surface area contributed by atoms with Gasteiger partial charge in [0.05, 0.1) is 6.54 Å². The van der Waals surface area contributed by atoms with Crippen molar-refractivity contribution in [1.29, 1.82) is 0 Å². The summed E-state index contributed by atoms with van der Waals surface area (Å²) in [6.07, 6.45) is 4.68. The molecule has 2 atom stereocenters. The number of piperidine rings is 1. The summed E-state index contributed by atoms with van der Waals surface area (Å²) in [6.45, 7) is 6.48. The molecule has 4 heteroatoms. The van der Waals surface area contributed by atoms with Gasteiger partial charge in [0.15, 0.2) is 0 Å². The van der Waals surface area contributed by atoms with Crippen molar-refractivity contribution in [3.63, 3.8) is 0 Å². The molecule has 0 aromatic rings. The van der Waals surface area contributed by atoms with Crippen LogP contribution in [0.3, 0.4) is 0 Å². The van der Waals surface area contributed by atoms with E-state index in [-0.39, 0.29) is 0 Å². The third kappa shape index (κ3) is 3.19. The van der Waals surface area contributed by atoms with Crippen LogP contribution in [0.2, 0.25) is 0 Å². The molecule has 2 aliphatic heterocycles. The number of nitrogens with zero attached hydrogens (tertiary/aromatic N) is 2. The standard InChI is InChI=1S/C13H25N3O/c1-11-4-7-16(12(8-11)9-14)10-13(17)15-5-2-3-6-15/h11-12H,2-10,14H2,1H3. The first kappa shape index (κ1) is 12.8. The van der Waals surface area contributed by atoms with Crippen LogP contribution in [0.4, 0.5) is 0 Å².